The van der Waals surface area contributed by atoms with Gasteiger partial charge in [-0.25, -0.2) is 4.98 Å². The van der Waals surface area contributed by atoms with Crippen LogP contribution < -0.4 is 14.8 Å². The molecule has 0 unspecified atom stereocenters. The molecule has 4 heteroatoms. The second kappa shape index (κ2) is 6.75. The minimum atomic E-state index is 0.477. The van der Waals surface area contributed by atoms with Crippen molar-refractivity contribution in [2.75, 3.05) is 14.2 Å². The van der Waals surface area contributed by atoms with Gasteiger partial charge >= 0.3 is 0 Å². The van der Waals surface area contributed by atoms with Crippen molar-refractivity contribution in [3.05, 3.63) is 53.7 Å². The second-order valence-electron chi connectivity index (χ2n) is 4.14. The van der Waals surface area contributed by atoms with E-state index in [4.69, 9.17) is 9.47 Å². The molecule has 1 aromatic carbocycles. The summed E-state index contributed by atoms with van der Waals surface area (Å²) in [4.78, 5) is 4.26. The fourth-order valence-electron chi connectivity index (χ4n) is 1.79. The molecule has 0 fully saturated rings. The lowest BCUT2D eigenvalue weighted by atomic mass is 10.2. The van der Waals surface area contributed by atoms with E-state index in [0.717, 1.165) is 23.4 Å². The Morgan fingerprint density at radius 3 is 2.89 bits per heavy atom. The summed E-state index contributed by atoms with van der Waals surface area (Å²) in [5.74, 6) is 1.50. The van der Waals surface area contributed by atoms with E-state index in [1.807, 2.05) is 43.4 Å². The molecule has 0 saturated carbocycles. The Kier molecular flexibility index (Phi) is 4.75. The van der Waals surface area contributed by atoms with Crippen molar-refractivity contribution in [1.29, 1.82) is 0 Å². The summed E-state index contributed by atoms with van der Waals surface area (Å²) in [6, 6.07) is 11.7. The van der Waals surface area contributed by atoms with Crippen LogP contribution in [0.25, 0.3) is 0 Å². The largest absolute Gasteiger partial charge is 0.497 e. The van der Waals surface area contributed by atoms with Gasteiger partial charge in [0.25, 0.3) is 0 Å². The Morgan fingerprint density at radius 2 is 2.11 bits per heavy atom. The van der Waals surface area contributed by atoms with E-state index in [1.165, 1.54) is 0 Å². The van der Waals surface area contributed by atoms with E-state index in [1.54, 1.807) is 13.3 Å². The average Bonchev–Trinajstić information content (AvgIpc) is 2.47. The third-order valence-electron chi connectivity index (χ3n) is 2.73. The highest BCUT2D eigenvalue weighted by atomic mass is 16.5. The van der Waals surface area contributed by atoms with Crippen molar-refractivity contribution in [3.8, 4) is 11.6 Å². The number of nitrogens with zero attached hydrogens (tertiary/aromatic N) is 1. The first kappa shape index (κ1) is 13.4. The minimum Gasteiger partial charge on any atom is -0.497 e. The number of aromatic nitrogens is 1. The van der Waals surface area contributed by atoms with Gasteiger partial charge in [-0.15, -0.1) is 0 Å². The molecule has 100 valence electrons. The fraction of sp³-hybridized carbons (Fsp3) is 0.267. The molecule has 0 spiro atoms. The van der Waals surface area contributed by atoms with Crippen molar-refractivity contribution < 1.29 is 9.47 Å². The van der Waals surface area contributed by atoms with Crippen LogP contribution >= 0.6 is 0 Å². The molecule has 2 rings (SSSR count). The highest BCUT2D eigenvalue weighted by Crippen LogP contribution is 2.17. The number of rotatable bonds is 6. The molecule has 19 heavy (non-hydrogen) atoms. The Hall–Kier alpha value is -2.07. The van der Waals surface area contributed by atoms with Gasteiger partial charge in [0.2, 0.25) is 5.88 Å². The summed E-state index contributed by atoms with van der Waals surface area (Å²) < 4.78 is 11.0. The zero-order valence-corrected chi connectivity index (χ0v) is 11.2. The topological polar surface area (TPSA) is 43.4 Å². The molecule has 0 amide bonds. The van der Waals surface area contributed by atoms with Gasteiger partial charge in [-0.3, -0.25) is 0 Å². The van der Waals surface area contributed by atoms with Gasteiger partial charge < -0.3 is 14.8 Å². The number of ether oxygens (including phenoxy) is 2. The van der Waals surface area contributed by atoms with Crippen LogP contribution in [0.1, 0.15) is 11.1 Å². The molecule has 1 N–H and O–H groups in total. The zero-order valence-electron chi connectivity index (χ0n) is 11.2. The van der Waals surface area contributed by atoms with E-state index in [2.05, 4.69) is 10.3 Å². The zero-order chi connectivity index (χ0) is 13.5. The van der Waals surface area contributed by atoms with Crippen LogP contribution in [0, 0.1) is 0 Å². The monoisotopic (exact) mass is 258 g/mol. The second-order valence-corrected chi connectivity index (χ2v) is 4.14. The molecule has 0 aliphatic rings. The van der Waals surface area contributed by atoms with E-state index < -0.39 is 0 Å². The van der Waals surface area contributed by atoms with Crippen LogP contribution in [0.15, 0.2) is 42.6 Å². The van der Waals surface area contributed by atoms with E-state index >= 15 is 0 Å². The summed E-state index contributed by atoms with van der Waals surface area (Å²) in [7, 11) is 3.56. The SMILES string of the molecule is CNCc1cccnc1OCc1cccc(OC)c1. The molecule has 1 heterocycles. The van der Waals surface area contributed by atoms with Crippen molar-refractivity contribution >= 4 is 0 Å². The van der Waals surface area contributed by atoms with Crippen molar-refractivity contribution in [2.45, 2.75) is 13.2 Å². The summed E-state index contributed by atoms with van der Waals surface area (Å²) in [6.45, 7) is 1.21. The molecule has 4 nitrogen and oxygen atoms in total. The molecule has 0 bridgehead atoms. The first-order valence-electron chi connectivity index (χ1n) is 6.17. The molecule has 0 radical (unpaired) electrons. The van der Waals surface area contributed by atoms with E-state index in [9.17, 15) is 0 Å². The maximum absolute atomic E-state index is 5.77. The molecule has 0 atom stereocenters. The molecule has 0 saturated heterocycles. The number of nitrogens with one attached hydrogen (secondary N) is 1. The maximum Gasteiger partial charge on any atom is 0.218 e. The Balaban J connectivity index is 2.05. The summed E-state index contributed by atoms with van der Waals surface area (Å²) in [6.07, 6.45) is 1.74. The molecule has 0 aliphatic heterocycles. The molecular formula is C15H18N2O2. The van der Waals surface area contributed by atoms with Gasteiger partial charge in [-0.05, 0) is 30.8 Å². The molecular weight excluding hydrogens is 240 g/mol. The molecule has 1 aromatic heterocycles. The highest BCUT2D eigenvalue weighted by molar-refractivity contribution is 5.29. The van der Waals surface area contributed by atoms with Gasteiger partial charge in [0, 0.05) is 18.3 Å². The predicted octanol–water partition coefficient (Wildman–Crippen LogP) is 2.39. The maximum atomic E-state index is 5.77. The van der Waals surface area contributed by atoms with Crippen LogP contribution in [0.3, 0.4) is 0 Å². The lowest BCUT2D eigenvalue weighted by Gasteiger charge is -2.10. The summed E-state index contributed by atoms with van der Waals surface area (Å²) in [5.41, 5.74) is 2.10. The van der Waals surface area contributed by atoms with Gasteiger partial charge in [0.15, 0.2) is 0 Å². The van der Waals surface area contributed by atoms with Crippen molar-refractivity contribution in [3.63, 3.8) is 0 Å². The highest BCUT2D eigenvalue weighted by Gasteiger charge is 2.04. The normalized spacial score (nSPS) is 10.2. The van der Waals surface area contributed by atoms with Crippen LogP contribution in [-0.4, -0.2) is 19.1 Å². The average molecular weight is 258 g/mol. The van der Waals surface area contributed by atoms with Gasteiger partial charge in [-0.2, -0.15) is 0 Å². The van der Waals surface area contributed by atoms with Crippen molar-refractivity contribution in [2.24, 2.45) is 0 Å². The lowest BCUT2D eigenvalue weighted by Crippen LogP contribution is -2.08. The number of hydrogen-bond acceptors (Lipinski definition) is 4. The number of methoxy groups -OCH3 is 1. The number of hydrogen-bond donors (Lipinski definition) is 1. The standard InChI is InChI=1S/C15H18N2O2/c1-16-10-13-6-4-8-17-15(13)19-11-12-5-3-7-14(9-12)18-2/h3-9,16H,10-11H2,1-2H3. The smallest absolute Gasteiger partial charge is 0.218 e. The van der Waals surface area contributed by atoms with Crippen molar-refractivity contribution in [1.82, 2.24) is 10.3 Å². The fourth-order valence-corrected chi connectivity index (χ4v) is 1.79. The Bertz CT molecular complexity index is 529. The molecule has 2 aromatic rings. The van der Waals surface area contributed by atoms with Gasteiger partial charge in [0.05, 0.1) is 7.11 Å². The first-order chi connectivity index (χ1) is 9.33. The third kappa shape index (κ3) is 3.69. The number of pyridine rings is 1. The first-order valence-corrected chi connectivity index (χ1v) is 6.17. The summed E-state index contributed by atoms with van der Waals surface area (Å²) >= 11 is 0. The Labute approximate surface area is 113 Å². The quantitative estimate of drug-likeness (QED) is 0.864. The number of benzene rings is 1. The van der Waals surface area contributed by atoms with E-state index in [-0.39, 0.29) is 0 Å². The lowest BCUT2D eigenvalue weighted by molar-refractivity contribution is 0.289. The van der Waals surface area contributed by atoms with Crippen LogP contribution in [0.5, 0.6) is 11.6 Å². The van der Waals surface area contributed by atoms with Gasteiger partial charge in [0.1, 0.15) is 12.4 Å². The summed E-state index contributed by atoms with van der Waals surface area (Å²) in [5, 5.41) is 3.10. The van der Waals surface area contributed by atoms with Gasteiger partial charge in [-0.1, -0.05) is 18.2 Å². The molecule has 0 aliphatic carbocycles. The van der Waals surface area contributed by atoms with Crippen LogP contribution in [0.4, 0.5) is 0 Å². The van der Waals surface area contributed by atoms with Crippen LogP contribution in [-0.2, 0) is 13.2 Å². The predicted molar refractivity (Wildman–Crippen MR) is 74.3 cm³/mol. The minimum absolute atomic E-state index is 0.477. The third-order valence-corrected chi connectivity index (χ3v) is 2.73. The van der Waals surface area contributed by atoms with E-state index in [0.29, 0.717) is 12.5 Å². The Morgan fingerprint density at radius 1 is 1.21 bits per heavy atom. The van der Waals surface area contributed by atoms with Crippen LogP contribution in [0.2, 0.25) is 0 Å².